The van der Waals surface area contributed by atoms with Crippen LogP contribution >= 0.6 is 0 Å². The summed E-state index contributed by atoms with van der Waals surface area (Å²) in [5.41, 5.74) is 1.19. The van der Waals surface area contributed by atoms with Crippen molar-refractivity contribution >= 4 is 22.0 Å². The van der Waals surface area contributed by atoms with Gasteiger partial charge in [0.1, 0.15) is 0 Å². The van der Waals surface area contributed by atoms with Gasteiger partial charge in [0.05, 0.1) is 10.8 Å². The Balaban J connectivity index is 1.29. The number of piperidine rings is 1. The lowest BCUT2D eigenvalue weighted by Crippen LogP contribution is -2.53. The van der Waals surface area contributed by atoms with E-state index < -0.39 is 10.0 Å². The monoisotopic (exact) mass is 453 g/mol. The summed E-state index contributed by atoms with van der Waals surface area (Å²) < 4.78 is 27.4. The molecule has 0 unspecified atom stereocenters. The Labute approximate surface area is 191 Å². The molecule has 2 aliphatic heterocycles. The molecule has 0 aliphatic carbocycles. The first-order valence-corrected chi connectivity index (χ1v) is 12.8. The van der Waals surface area contributed by atoms with Gasteiger partial charge in [0.15, 0.2) is 0 Å². The summed E-state index contributed by atoms with van der Waals surface area (Å²) in [6.07, 6.45) is 5.76. The van der Waals surface area contributed by atoms with Crippen LogP contribution < -0.4 is 0 Å². The van der Waals surface area contributed by atoms with Crippen LogP contribution in [0.3, 0.4) is 0 Å². The predicted molar refractivity (Wildman–Crippen MR) is 126 cm³/mol. The maximum absolute atomic E-state index is 13.1. The van der Waals surface area contributed by atoms with Crippen LogP contribution in [0.25, 0.3) is 6.08 Å². The van der Waals surface area contributed by atoms with Crippen LogP contribution in [0.15, 0.2) is 71.6 Å². The largest absolute Gasteiger partial charge is 0.340 e. The number of carbonyl (C=O) groups is 1. The Bertz CT molecular complexity index is 1020. The van der Waals surface area contributed by atoms with Gasteiger partial charge in [-0.1, -0.05) is 60.7 Å². The zero-order chi connectivity index (χ0) is 22.4. The van der Waals surface area contributed by atoms with Gasteiger partial charge in [-0.2, -0.15) is 4.31 Å². The van der Waals surface area contributed by atoms with E-state index in [2.05, 4.69) is 29.2 Å². The number of sulfonamides is 1. The van der Waals surface area contributed by atoms with Gasteiger partial charge in [0.25, 0.3) is 0 Å². The summed E-state index contributed by atoms with van der Waals surface area (Å²) in [6.45, 7) is 4.68. The topological polar surface area (TPSA) is 60.9 Å². The lowest BCUT2D eigenvalue weighted by Gasteiger charge is -2.38. The van der Waals surface area contributed by atoms with Gasteiger partial charge >= 0.3 is 0 Å². The molecule has 0 spiro atoms. The zero-order valence-corrected chi connectivity index (χ0v) is 19.2. The van der Waals surface area contributed by atoms with Gasteiger partial charge in [-0.25, -0.2) is 8.42 Å². The Kier molecular flexibility index (Phi) is 7.40. The molecule has 0 bridgehead atoms. The molecule has 2 aromatic carbocycles. The molecule has 0 aromatic heterocycles. The number of rotatable bonds is 6. The Morgan fingerprint density at radius 1 is 0.906 bits per heavy atom. The second kappa shape index (κ2) is 10.4. The van der Waals surface area contributed by atoms with Crippen molar-refractivity contribution < 1.29 is 13.2 Å². The van der Waals surface area contributed by atoms with Crippen molar-refractivity contribution in [2.45, 2.75) is 17.7 Å². The first-order chi connectivity index (χ1) is 15.5. The van der Waals surface area contributed by atoms with E-state index in [4.69, 9.17) is 0 Å². The van der Waals surface area contributed by atoms with Gasteiger partial charge in [0.2, 0.25) is 15.9 Å². The average molecular weight is 454 g/mol. The van der Waals surface area contributed by atoms with E-state index >= 15 is 0 Å². The van der Waals surface area contributed by atoms with E-state index in [0.717, 1.165) is 26.1 Å². The first kappa shape index (κ1) is 22.7. The fourth-order valence-corrected chi connectivity index (χ4v) is 5.96. The number of hydrogen-bond acceptors (Lipinski definition) is 4. The van der Waals surface area contributed by atoms with E-state index in [1.807, 2.05) is 23.1 Å². The smallest absolute Gasteiger partial charge is 0.243 e. The summed E-state index contributed by atoms with van der Waals surface area (Å²) in [5.74, 6) is -0.163. The van der Waals surface area contributed by atoms with E-state index in [0.29, 0.717) is 31.0 Å². The van der Waals surface area contributed by atoms with Crippen molar-refractivity contribution in [2.75, 3.05) is 45.8 Å². The van der Waals surface area contributed by atoms with Gasteiger partial charge in [-0.3, -0.25) is 9.69 Å². The van der Waals surface area contributed by atoms with Gasteiger partial charge < -0.3 is 4.90 Å². The van der Waals surface area contributed by atoms with Crippen molar-refractivity contribution in [1.29, 1.82) is 0 Å². The lowest BCUT2D eigenvalue weighted by molar-refractivity contribution is -0.138. The quantitative estimate of drug-likeness (QED) is 0.675. The van der Waals surface area contributed by atoms with Crippen molar-refractivity contribution in [1.82, 2.24) is 14.1 Å². The number of amides is 1. The lowest BCUT2D eigenvalue weighted by atomic mass is 9.98. The highest BCUT2D eigenvalue weighted by Gasteiger charge is 2.35. The predicted octanol–water partition coefficient (Wildman–Crippen LogP) is 2.94. The molecule has 2 aliphatic rings. The van der Waals surface area contributed by atoms with Crippen molar-refractivity contribution in [3.05, 3.63) is 72.3 Å². The van der Waals surface area contributed by atoms with Gasteiger partial charge in [-0.05, 0) is 30.5 Å². The van der Waals surface area contributed by atoms with Crippen LogP contribution in [0.2, 0.25) is 0 Å². The fourth-order valence-electron chi connectivity index (χ4n) is 4.41. The summed E-state index contributed by atoms with van der Waals surface area (Å²) >= 11 is 0. The third kappa shape index (κ3) is 5.46. The van der Waals surface area contributed by atoms with Gasteiger partial charge in [-0.15, -0.1) is 0 Å². The first-order valence-electron chi connectivity index (χ1n) is 11.3. The minimum absolute atomic E-state index is 0.0949. The van der Waals surface area contributed by atoms with Crippen molar-refractivity contribution in [3.63, 3.8) is 0 Å². The molecular weight excluding hydrogens is 422 g/mol. The second-order valence-electron chi connectivity index (χ2n) is 8.45. The number of carbonyl (C=O) groups excluding carboxylic acids is 1. The summed E-state index contributed by atoms with van der Waals surface area (Å²) in [5, 5.41) is 0. The third-order valence-electron chi connectivity index (χ3n) is 6.27. The molecule has 0 radical (unpaired) electrons. The van der Waals surface area contributed by atoms with Crippen molar-refractivity contribution in [2.24, 2.45) is 5.92 Å². The molecule has 170 valence electrons. The summed E-state index contributed by atoms with van der Waals surface area (Å²) in [7, 11) is -3.55. The van der Waals surface area contributed by atoms with Crippen LogP contribution in [0.4, 0.5) is 0 Å². The van der Waals surface area contributed by atoms with Crippen LogP contribution in [0, 0.1) is 5.92 Å². The maximum Gasteiger partial charge on any atom is 0.243 e. The molecule has 4 rings (SSSR count). The highest BCUT2D eigenvalue weighted by Crippen LogP contribution is 2.25. The highest BCUT2D eigenvalue weighted by molar-refractivity contribution is 7.89. The molecule has 1 amide bonds. The number of nitrogens with zero attached hydrogens (tertiary/aromatic N) is 3. The molecular formula is C25H31N3O3S. The molecule has 2 fully saturated rings. The van der Waals surface area contributed by atoms with Crippen LogP contribution in [-0.4, -0.2) is 74.2 Å². The Morgan fingerprint density at radius 3 is 2.25 bits per heavy atom. The molecule has 2 saturated heterocycles. The van der Waals surface area contributed by atoms with E-state index in [1.165, 1.54) is 9.87 Å². The van der Waals surface area contributed by atoms with Crippen LogP contribution in [0.5, 0.6) is 0 Å². The molecule has 1 atom stereocenters. The molecule has 7 heteroatoms. The number of piperazine rings is 1. The second-order valence-corrected chi connectivity index (χ2v) is 10.4. The maximum atomic E-state index is 13.1. The average Bonchev–Trinajstić information content (AvgIpc) is 2.85. The molecule has 2 aromatic rings. The van der Waals surface area contributed by atoms with Gasteiger partial charge in [0, 0.05) is 45.8 Å². The third-order valence-corrected chi connectivity index (χ3v) is 8.15. The molecule has 32 heavy (non-hydrogen) atoms. The number of hydrogen-bond donors (Lipinski definition) is 0. The minimum atomic E-state index is -3.55. The Morgan fingerprint density at radius 2 is 1.56 bits per heavy atom. The summed E-state index contributed by atoms with van der Waals surface area (Å²) in [4.78, 5) is 17.7. The molecule has 0 saturated carbocycles. The fraction of sp³-hybridized carbons (Fsp3) is 0.400. The van der Waals surface area contributed by atoms with E-state index in [1.54, 1.807) is 30.3 Å². The molecule has 6 nitrogen and oxygen atoms in total. The summed E-state index contributed by atoms with van der Waals surface area (Å²) in [6, 6.07) is 18.7. The SMILES string of the molecule is O=C([C@H]1CCCN(S(=O)(=O)c2ccccc2)C1)N1CCN(C/C=C/c2ccccc2)CC1. The standard InChI is InChI=1S/C25H31N3O3S/c29-25(23-12-8-16-28(21-23)32(30,31)24-13-5-2-6-14-24)27-19-17-26(18-20-27)15-7-11-22-9-3-1-4-10-22/h1-7,9-11,13-14,23H,8,12,15-21H2/b11-7+/t23-/m0/s1. The highest BCUT2D eigenvalue weighted by atomic mass is 32.2. The molecule has 2 heterocycles. The molecule has 0 N–H and O–H groups in total. The normalized spacial score (nSPS) is 21.1. The van der Waals surface area contributed by atoms with E-state index in [-0.39, 0.29) is 18.4 Å². The van der Waals surface area contributed by atoms with Crippen molar-refractivity contribution in [3.8, 4) is 0 Å². The van der Waals surface area contributed by atoms with Crippen LogP contribution in [0.1, 0.15) is 18.4 Å². The zero-order valence-electron chi connectivity index (χ0n) is 18.3. The number of benzene rings is 2. The minimum Gasteiger partial charge on any atom is -0.340 e. The van der Waals surface area contributed by atoms with E-state index in [9.17, 15) is 13.2 Å². The van der Waals surface area contributed by atoms with Crippen LogP contribution in [-0.2, 0) is 14.8 Å². The Hall–Kier alpha value is -2.48.